The van der Waals surface area contributed by atoms with E-state index in [0.717, 1.165) is 51.4 Å². The lowest BCUT2D eigenvalue weighted by Gasteiger charge is -2.14. The molecule has 0 N–H and O–H groups in total. The van der Waals surface area contributed by atoms with E-state index in [9.17, 15) is 9.59 Å². The summed E-state index contributed by atoms with van der Waals surface area (Å²) in [5.74, 6) is 1.94. The molecule has 0 aliphatic heterocycles. The molecule has 4 heteroatoms. The molecule has 0 amide bonds. The Bertz CT molecular complexity index is 445. The van der Waals surface area contributed by atoms with Crippen LogP contribution in [0.25, 0.3) is 0 Å². The maximum atomic E-state index is 11.9. The number of carbonyl (C=O) groups is 2. The molecule has 0 spiro atoms. The van der Waals surface area contributed by atoms with Crippen LogP contribution in [0.5, 0.6) is 0 Å². The highest BCUT2D eigenvalue weighted by atomic mass is 16.5. The van der Waals surface area contributed by atoms with Crippen molar-refractivity contribution in [1.29, 1.82) is 0 Å². The van der Waals surface area contributed by atoms with Crippen molar-refractivity contribution in [2.75, 3.05) is 13.2 Å². The molecule has 1 atom stereocenters. The summed E-state index contributed by atoms with van der Waals surface area (Å²) < 4.78 is 10.6. The van der Waals surface area contributed by atoms with Gasteiger partial charge in [-0.3, -0.25) is 9.59 Å². The summed E-state index contributed by atoms with van der Waals surface area (Å²) in [5, 5.41) is 0. The first-order chi connectivity index (χ1) is 15.3. The maximum absolute atomic E-state index is 11.9. The first kappa shape index (κ1) is 30.9. The molecule has 190 valence electrons. The first-order valence-electron chi connectivity index (χ1n) is 13.7. The third-order valence-corrected chi connectivity index (χ3v) is 6.21. The van der Waals surface area contributed by atoms with Crippen LogP contribution in [0.4, 0.5) is 0 Å². The molecular weight excluding hydrogens is 400 g/mol. The zero-order chi connectivity index (χ0) is 24.0. The summed E-state index contributed by atoms with van der Waals surface area (Å²) in [6.07, 6.45) is 17.0. The highest BCUT2D eigenvalue weighted by Crippen LogP contribution is 2.20. The second-order valence-corrected chi connectivity index (χ2v) is 10.3. The van der Waals surface area contributed by atoms with Gasteiger partial charge in [0.25, 0.3) is 0 Å². The van der Waals surface area contributed by atoms with Crippen molar-refractivity contribution in [1.82, 2.24) is 0 Å². The average Bonchev–Trinajstić information content (AvgIpc) is 2.74. The SMILES string of the molecule is CCC(CCCCCCCCCC(=O)OCCCC(C)C)CCC(=O)OCCCC(C)C. The van der Waals surface area contributed by atoms with Crippen LogP contribution in [0.1, 0.15) is 137 Å². The van der Waals surface area contributed by atoms with Crippen LogP contribution in [0, 0.1) is 17.8 Å². The van der Waals surface area contributed by atoms with Gasteiger partial charge in [-0.1, -0.05) is 86.0 Å². The quantitative estimate of drug-likeness (QED) is 0.122. The molecule has 0 rings (SSSR count). The molecule has 0 saturated heterocycles. The van der Waals surface area contributed by atoms with Crippen LogP contribution in [0.2, 0.25) is 0 Å². The Kier molecular flexibility index (Phi) is 21.0. The van der Waals surface area contributed by atoms with Gasteiger partial charge in [0.2, 0.25) is 0 Å². The topological polar surface area (TPSA) is 52.6 Å². The van der Waals surface area contributed by atoms with Crippen LogP contribution >= 0.6 is 0 Å². The van der Waals surface area contributed by atoms with Gasteiger partial charge >= 0.3 is 11.9 Å². The summed E-state index contributed by atoms with van der Waals surface area (Å²) in [6.45, 7) is 12.2. The lowest BCUT2D eigenvalue weighted by atomic mass is 9.93. The minimum Gasteiger partial charge on any atom is -0.466 e. The Balaban J connectivity index is 3.51. The number of carbonyl (C=O) groups excluding carboxylic acids is 2. The lowest BCUT2D eigenvalue weighted by molar-refractivity contribution is -0.145. The molecule has 0 aromatic heterocycles. The van der Waals surface area contributed by atoms with Crippen molar-refractivity contribution in [2.24, 2.45) is 17.8 Å². The Morgan fingerprint density at radius 3 is 1.53 bits per heavy atom. The third-order valence-electron chi connectivity index (χ3n) is 6.21. The molecule has 0 saturated carbocycles. The van der Waals surface area contributed by atoms with E-state index in [1.54, 1.807) is 0 Å². The number of hydrogen-bond acceptors (Lipinski definition) is 4. The standard InChI is InChI=1S/C28H54O4/c1-6-26(20-21-28(30)32-23-15-17-25(4)5)18-12-10-8-7-9-11-13-19-27(29)31-22-14-16-24(2)3/h24-26H,6-23H2,1-5H3. The molecule has 32 heavy (non-hydrogen) atoms. The fourth-order valence-corrected chi connectivity index (χ4v) is 3.96. The first-order valence-corrected chi connectivity index (χ1v) is 13.7. The summed E-state index contributed by atoms with van der Waals surface area (Å²) in [5.41, 5.74) is 0. The van der Waals surface area contributed by atoms with Crippen molar-refractivity contribution in [3.63, 3.8) is 0 Å². The Morgan fingerprint density at radius 2 is 1.03 bits per heavy atom. The van der Waals surface area contributed by atoms with Gasteiger partial charge in [-0.25, -0.2) is 0 Å². The average molecular weight is 455 g/mol. The number of hydrogen-bond donors (Lipinski definition) is 0. The molecular formula is C28H54O4. The van der Waals surface area contributed by atoms with E-state index in [4.69, 9.17) is 9.47 Å². The van der Waals surface area contributed by atoms with Crippen LogP contribution in [0.3, 0.4) is 0 Å². The Morgan fingerprint density at radius 1 is 0.562 bits per heavy atom. The van der Waals surface area contributed by atoms with E-state index in [-0.39, 0.29) is 11.9 Å². The highest BCUT2D eigenvalue weighted by Gasteiger charge is 2.11. The monoisotopic (exact) mass is 454 g/mol. The molecule has 0 fully saturated rings. The molecule has 0 heterocycles. The van der Waals surface area contributed by atoms with Gasteiger partial charge in [0.05, 0.1) is 13.2 Å². The van der Waals surface area contributed by atoms with Crippen molar-refractivity contribution >= 4 is 11.9 Å². The predicted molar refractivity (Wildman–Crippen MR) is 135 cm³/mol. The number of rotatable bonds is 22. The normalized spacial score (nSPS) is 12.3. The van der Waals surface area contributed by atoms with Gasteiger partial charge < -0.3 is 9.47 Å². The van der Waals surface area contributed by atoms with Gasteiger partial charge in [0.15, 0.2) is 0 Å². The van der Waals surface area contributed by atoms with Crippen LogP contribution in [-0.2, 0) is 19.1 Å². The zero-order valence-electron chi connectivity index (χ0n) is 22.1. The predicted octanol–water partition coefficient (Wildman–Crippen LogP) is 8.26. The highest BCUT2D eigenvalue weighted by molar-refractivity contribution is 5.69. The van der Waals surface area contributed by atoms with Crippen LogP contribution < -0.4 is 0 Å². The number of ether oxygens (including phenoxy) is 2. The fourth-order valence-electron chi connectivity index (χ4n) is 3.96. The lowest BCUT2D eigenvalue weighted by Crippen LogP contribution is -2.09. The maximum Gasteiger partial charge on any atom is 0.305 e. The summed E-state index contributed by atoms with van der Waals surface area (Å²) in [7, 11) is 0. The van der Waals surface area contributed by atoms with E-state index >= 15 is 0 Å². The van der Waals surface area contributed by atoms with Crippen LogP contribution in [-0.4, -0.2) is 25.2 Å². The largest absolute Gasteiger partial charge is 0.466 e. The van der Waals surface area contributed by atoms with E-state index in [1.165, 1.54) is 38.5 Å². The van der Waals surface area contributed by atoms with Gasteiger partial charge in [-0.15, -0.1) is 0 Å². The van der Waals surface area contributed by atoms with Gasteiger partial charge in [-0.2, -0.15) is 0 Å². The smallest absolute Gasteiger partial charge is 0.305 e. The summed E-state index contributed by atoms with van der Waals surface area (Å²) in [6, 6.07) is 0. The van der Waals surface area contributed by atoms with Gasteiger partial charge in [-0.05, 0) is 56.3 Å². The van der Waals surface area contributed by atoms with E-state index in [1.807, 2.05) is 0 Å². The Hall–Kier alpha value is -1.06. The van der Waals surface area contributed by atoms with Crippen LogP contribution in [0.15, 0.2) is 0 Å². The fraction of sp³-hybridized carbons (Fsp3) is 0.929. The molecule has 4 nitrogen and oxygen atoms in total. The van der Waals surface area contributed by atoms with Gasteiger partial charge in [0.1, 0.15) is 0 Å². The van der Waals surface area contributed by atoms with Crippen molar-refractivity contribution in [3.8, 4) is 0 Å². The van der Waals surface area contributed by atoms with Gasteiger partial charge in [0, 0.05) is 12.8 Å². The number of esters is 2. The summed E-state index contributed by atoms with van der Waals surface area (Å²) in [4.78, 5) is 23.6. The molecule has 1 unspecified atom stereocenters. The van der Waals surface area contributed by atoms with E-state index in [2.05, 4.69) is 34.6 Å². The summed E-state index contributed by atoms with van der Waals surface area (Å²) >= 11 is 0. The number of unbranched alkanes of at least 4 members (excludes halogenated alkanes) is 6. The van der Waals surface area contributed by atoms with Crippen molar-refractivity contribution < 1.29 is 19.1 Å². The molecule has 0 aliphatic carbocycles. The molecule has 0 aliphatic rings. The molecule has 0 aromatic rings. The van der Waals surface area contributed by atoms with E-state index in [0.29, 0.717) is 43.8 Å². The molecule has 0 aromatic carbocycles. The second kappa shape index (κ2) is 21.8. The molecule has 0 bridgehead atoms. The van der Waals surface area contributed by atoms with E-state index < -0.39 is 0 Å². The molecule has 0 radical (unpaired) electrons. The zero-order valence-corrected chi connectivity index (χ0v) is 22.1. The third kappa shape index (κ3) is 22.1. The van der Waals surface area contributed by atoms with Crippen molar-refractivity contribution in [3.05, 3.63) is 0 Å². The Labute approximate surface area is 199 Å². The minimum atomic E-state index is -0.0289. The van der Waals surface area contributed by atoms with Crippen molar-refractivity contribution in [2.45, 2.75) is 137 Å². The second-order valence-electron chi connectivity index (χ2n) is 10.3. The minimum absolute atomic E-state index is 0.0216.